The van der Waals surface area contributed by atoms with Crippen LogP contribution in [-0.4, -0.2) is 21.1 Å². The topological polar surface area (TPSA) is 129 Å². The van der Waals surface area contributed by atoms with Crippen LogP contribution in [0.4, 0.5) is 0 Å². The maximum absolute atomic E-state index is 9.50. The van der Waals surface area contributed by atoms with Crippen LogP contribution in [0, 0.1) is 30.3 Å². The van der Waals surface area contributed by atoms with E-state index in [4.69, 9.17) is 0 Å². The summed E-state index contributed by atoms with van der Waals surface area (Å²) in [7, 11) is 0. The molecule has 58 valence electrons. The summed E-state index contributed by atoms with van der Waals surface area (Å²) in [6.45, 7) is 0. The third kappa shape index (κ3) is 3.49. The third-order valence-electron chi connectivity index (χ3n) is 0.566. The summed E-state index contributed by atoms with van der Waals surface area (Å²) in [5.41, 5.74) is 0. The molecule has 0 unspecified atom stereocenters. The second kappa shape index (κ2) is 4.59. The molecule has 0 saturated carbocycles. The first kappa shape index (κ1) is 12.5. The van der Waals surface area contributed by atoms with E-state index in [2.05, 4.69) is 0 Å². The van der Waals surface area contributed by atoms with E-state index in [-0.39, 0.29) is 20.3 Å². The van der Waals surface area contributed by atoms with E-state index >= 15 is 0 Å². The van der Waals surface area contributed by atoms with Gasteiger partial charge in [-0.2, -0.15) is 0 Å². The molecule has 0 N–H and O–H groups in total. The SMILES string of the molecule is O=[N+]([O-])C([N+](=O)[O-])[N+](=O)[O-].[H-].[Li+]. The molecule has 10 heteroatoms. The molecule has 0 rings (SSSR count). The van der Waals surface area contributed by atoms with E-state index in [1.165, 1.54) is 0 Å². The summed E-state index contributed by atoms with van der Waals surface area (Å²) >= 11 is 0. The maximum atomic E-state index is 9.50. The Hall–Kier alpha value is -1.20. The fraction of sp³-hybridized carbons (Fsp3) is 1.00. The van der Waals surface area contributed by atoms with Crippen LogP contribution in [0.1, 0.15) is 1.43 Å². The molecule has 0 radical (unpaired) electrons. The molecule has 0 heterocycles. The molecule has 0 bridgehead atoms. The van der Waals surface area contributed by atoms with Gasteiger partial charge in [-0.25, -0.2) is 0 Å². The van der Waals surface area contributed by atoms with Gasteiger partial charge in [-0.15, -0.1) is 0 Å². The Balaban J connectivity index is -0.000000405. The second-order valence-corrected chi connectivity index (χ2v) is 1.20. The molecule has 0 fully saturated rings. The van der Waals surface area contributed by atoms with Gasteiger partial charge in [-0.05, 0) is 0 Å². The largest absolute Gasteiger partial charge is 1.00 e. The first-order valence-corrected chi connectivity index (χ1v) is 1.87. The number of hydrogen-bond acceptors (Lipinski definition) is 6. The molecule has 0 aliphatic heterocycles. The molecule has 9 nitrogen and oxygen atoms in total. The molecule has 0 saturated heterocycles. The summed E-state index contributed by atoms with van der Waals surface area (Å²) in [5.74, 6) is 0. The average molecular weight is 159 g/mol. The van der Waals surface area contributed by atoms with Gasteiger partial charge in [0.05, 0.1) is 0 Å². The zero-order valence-electron chi connectivity index (χ0n) is 6.37. The monoisotopic (exact) mass is 159 g/mol. The van der Waals surface area contributed by atoms with Crippen LogP contribution in [-0.2, 0) is 0 Å². The van der Waals surface area contributed by atoms with Crippen LogP contribution < -0.4 is 18.9 Å². The van der Waals surface area contributed by atoms with Crippen molar-refractivity contribution >= 4 is 0 Å². The van der Waals surface area contributed by atoms with Crippen molar-refractivity contribution in [1.29, 1.82) is 0 Å². The number of hydrogen-bond donors (Lipinski definition) is 0. The van der Waals surface area contributed by atoms with Gasteiger partial charge >= 0.3 is 25.2 Å². The first-order chi connectivity index (χ1) is 4.46. The van der Waals surface area contributed by atoms with E-state index in [9.17, 15) is 30.3 Å². The van der Waals surface area contributed by atoms with Crippen LogP contribution in [0.2, 0.25) is 0 Å². The summed E-state index contributed by atoms with van der Waals surface area (Å²) < 4.78 is 0. The fourth-order valence-corrected chi connectivity index (χ4v) is 0.231. The molecule has 0 aromatic heterocycles. The predicted molar refractivity (Wildman–Crippen MR) is 25.9 cm³/mol. The van der Waals surface area contributed by atoms with Crippen LogP contribution in [0.5, 0.6) is 0 Å². The van der Waals surface area contributed by atoms with Crippen LogP contribution in [0.3, 0.4) is 0 Å². The van der Waals surface area contributed by atoms with Gasteiger partial charge in [0.15, 0.2) is 14.8 Å². The Bertz CT molecular complexity index is 162. The molecule has 11 heavy (non-hydrogen) atoms. The van der Waals surface area contributed by atoms with Gasteiger partial charge in [-0.3, -0.25) is 30.3 Å². The van der Waals surface area contributed by atoms with Crippen molar-refractivity contribution in [3.8, 4) is 0 Å². The zero-order valence-corrected chi connectivity index (χ0v) is 5.37. The van der Waals surface area contributed by atoms with E-state index in [1.54, 1.807) is 0 Å². The quantitative estimate of drug-likeness (QED) is 0.180. The third-order valence-corrected chi connectivity index (χ3v) is 0.566. The van der Waals surface area contributed by atoms with E-state index in [1.807, 2.05) is 0 Å². The van der Waals surface area contributed by atoms with E-state index in [0.717, 1.165) is 0 Å². The zero-order chi connectivity index (χ0) is 8.31. The molecule has 0 aliphatic carbocycles. The fourth-order valence-electron chi connectivity index (χ4n) is 0.231. The molecular weight excluding hydrogens is 157 g/mol. The summed E-state index contributed by atoms with van der Waals surface area (Å²) in [6.07, 6.45) is -2.94. The minimum atomic E-state index is -2.94. The Labute approximate surface area is 72.5 Å². The molecule has 0 aromatic rings. The van der Waals surface area contributed by atoms with Crippen molar-refractivity contribution in [3.63, 3.8) is 0 Å². The van der Waals surface area contributed by atoms with Gasteiger partial charge < -0.3 is 1.43 Å². The Kier molecular flexibility index (Phi) is 5.20. The number of nitro groups is 3. The molecule has 0 atom stereocenters. The molecule has 0 spiro atoms. The molecular formula is CH2LiN3O6. The Morgan fingerprint density at radius 2 is 1.09 bits per heavy atom. The van der Waals surface area contributed by atoms with Gasteiger partial charge in [-0.1, -0.05) is 0 Å². The second-order valence-electron chi connectivity index (χ2n) is 1.20. The van der Waals surface area contributed by atoms with Crippen molar-refractivity contribution in [2.45, 2.75) is 6.29 Å². The maximum Gasteiger partial charge on any atom is 1.00 e. The summed E-state index contributed by atoms with van der Waals surface area (Å²) in [5, 5.41) is 28.5. The van der Waals surface area contributed by atoms with Crippen molar-refractivity contribution in [1.82, 2.24) is 0 Å². The number of nitrogens with zero attached hydrogens (tertiary/aromatic N) is 3. The average Bonchev–Trinajstić information content (AvgIpc) is 1.59. The van der Waals surface area contributed by atoms with Gasteiger partial charge in [0.2, 0.25) is 0 Å². The van der Waals surface area contributed by atoms with Gasteiger partial charge in [0.1, 0.15) is 0 Å². The molecule has 0 amide bonds. The van der Waals surface area contributed by atoms with Gasteiger partial charge in [0, 0.05) is 0 Å². The minimum Gasteiger partial charge on any atom is -1.00 e. The summed E-state index contributed by atoms with van der Waals surface area (Å²) in [4.78, 5) is 23.8. The Morgan fingerprint density at radius 1 is 0.909 bits per heavy atom. The Morgan fingerprint density at radius 3 is 1.09 bits per heavy atom. The van der Waals surface area contributed by atoms with E-state index < -0.39 is 21.1 Å². The predicted octanol–water partition coefficient (Wildman–Crippen LogP) is -3.78. The van der Waals surface area contributed by atoms with Crippen LogP contribution in [0.25, 0.3) is 0 Å². The summed E-state index contributed by atoms with van der Waals surface area (Å²) in [6, 6.07) is 0. The first-order valence-electron chi connectivity index (χ1n) is 1.87. The minimum absolute atomic E-state index is 0. The van der Waals surface area contributed by atoms with Crippen molar-refractivity contribution in [3.05, 3.63) is 30.3 Å². The molecule has 0 aromatic carbocycles. The smallest absolute Gasteiger partial charge is 1.00 e. The van der Waals surface area contributed by atoms with Crippen LogP contribution >= 0.6 is 0 Å². The number of rotatable bonds is 3. The molecule has 0 aliphatic rings. The van der Waals surface area contributed by atoms with Crippen molar-refractivity contribution in [2.24, 2.45) is 0 Å². The standard InChI is InChI=1S/CHN3O6.Li.H/c5-2(6)1(3(7)8)4(9)10;;/h1H;;/q;+1;-1. The van der Waals surface area contributed by atoms with Crippen molar-refractivity contribution in [2.75, 3.05) is 0 Å². The van der Waals surface area contributed by atoms with Gasteiger partial charge in [0.25, 0.3) is 0 Å². The normalized spacial score (nSPS) is 8.45. The van der Waals surface area contributed by atoms with Crippen LogP contribution in [0.15, 0.2) is 0 Å². The van der Waals surface area contributed by atoms with E-state index in [0.29, 0.717) is 0 Å². The van der Waals surface area contributed by atoms with Crippen molar-refractivity contribution < 1.29 is 35.1 Å².